The molecule has 1 N–H and O–H groups in total. The van der Waals surface area contributed by atoms with Crippen molar-refractivity contribution in [3.63, 3.8) is 0 Å². The molecule has 0 aliphatic carbocycles. The summed E-state index contributed by atoms with van der Waals surface area (Å²) in [6.07, 6.45) is 1.66. The van der Waals surface area contributed by atoms with Crippen molar-refractivity contribution in [3.8, 4) is 0 Å². The number of hydrogen-bond donors (Lipinski definition) is 1. The van der Waals surface area contributed by atoms with Gasteiger partial charge in [-0.25, -0.2) is 9.78 Å². The molecule has 0 radical (unpaired) electrons. The molecule has 1 aromatic carbocycles. The van der Waals surface area contributed by atoms with Crippen LogP contribution in [0, 0.1) is 17.0 Å². The number of hydrogen-bond acceptors (Lipinski definition) is 7. The van der Waals surface area contributed by atoms with Crippen molar-refractivity contribution in [2.24, 2.45) is 0 Å². The van der Waals surface area contributed by atoms with Gasteiger partial charge in [0.25, 0.3) is 17.2 Å². The largest absolute Gasteiger partial charge is 0.458 e. The summed E-state index contributed by atoms with van der Waals surface area (Å²) in [6, 6.07) is 8.90. The lowest BCUT2D eigenvalue weighted by Crippen LogP contribution is -2.39. The Bertz CT molecular complexity index is 1200. The number of ether oxygens (including phenoxy) is 1. The molecule has 0 aliphatic heterocycles. The fraction of sp³-hybridized carbons (Fsp3) is 0.200. The first-order valence-electron chi connectivity index (χ1n) is 8.95. The van der Waals surface area contributed by atoms with E-state index < -0.39 is 22.8 Å². The third-order valence-electron chi connectivity index (χ3n) is 4.24. The summed E-state index contributed by atoms with van der Waals surface area (Å²) in [5, 5.41) is 13.2. The number of nitro benzene ring substituents is 1. The van der Waals surface area contributed by atoms with Crippen LogP contribution in [0.1, 0.15) is 28.5 Å². The number of aryl methyl sites for hydroxylation is 1. The van der Waals surface area contributed by atoms with Gasteiger partial charge in [0.15, 0.2) is 0 Å². The predicted octanol–water partition coefficient (Wildman–Crippen LogP) is 1.77. The van der Waals surface area contributed by atoms with E-state index in [1.807, 2.05) is 13.0 Å². The number of aromatic nitrogens is 2. The van der Waals surface area contributed by atoms with E-state index in [9.17, 15) is 24.5 Å². The number of nitro groups is 1. The molecule has 0 bridgehead atoms. The number of carbonyl (C=O) groups is 2. The van der Waals surface area contributed by atoms with Crippen molar-refractivity contribution in [2.45, 2.75) is 26.5 Å². The highest BCUT2D eigenvalue weighted by Gasteiger charge is 2.20. The predicted molar refractivity (Wildman–Crippen MR) is 106 cm³/mol. The average molecular weight is 410 g/mol. The third-order valence-corrected chi connectivity index (χ3v) is 4.24. The van der Waals surface area contributed by atoms with Gasteiger partial charge >= 0.3 is 5.97 Å². The lowest BCUT2D eigenvalue weighted by atomic mass is 10.2. The van der Waals surface area contributed by atoms with Crippen LogP contribution in [0.2, 0.25) is 0 Å². The van der Waals surface area contributed by atoms with Crippen LogP contribution in [0.5, 0.6) is 0 Å². The van der Waals surface area contributed by atoms with Crippen molar-refractivity contribution in [1.29, 1.82) is 0 Å². The zero-order valence-electron chi connectivity index (χ0n) is 16.2. The van der Waals surface area contributed by atoms with Crippen LogP contribution in [0.3, 0.4) is 0 Å². The Kier molecular flexibility index (Phi) is 5.86. The van der Waals surface area contributed by atoms with Crippen molar-refractivity contribution < 1.29 is 19.2 Å². The van der Waals surface area contributed by atoms with E-state index in [1.54, 1.807) is 12.3 Å². The fourth-order valence-electron chi connectivity index (χ4n) is 2.70. The highest BCUT2D eigenvalue weighted by Crippen LogP contribution is 2.13. The van der Waals surface area contributed by atoms with Crippen molar-refractivity contribution in [1.82, 2.24) is 14.7 Å². The molecule has 10 heteroatoms. The van der Waals surface area contributed by atoms with Gasteiger partial charge in [-0.15, -0.1) is 0 Å². The number of amides is 1. The quantitative estimate of drug-likeness (QED) is 0.372. The number of nitrogens with zero attached hydrogens (tertiary/aromatic N) is 3. The Morgan fingerprint density at radius 3 is 2.77 bits per heavy atom. The zero-order chi connectivity index (χ0) is 21.8. The number of esters is 1. The summed E-state index contributed by atoms with van der Waals surface area (Å²) in [6.45, 7) is 3.03. The summed E-state index contributed by atoms with van der Waals surface area (Å²) in [4.78, 5) is 51.1. The minimum Gasteiger partial charge on any atom is -0.458 e. The first kappa shape index (κ1) is 20.6. The van der Waals surface area contributed by atoms with Crippen LogP contribution in [0.15, 0.2) is 53.5 Å². The second-order valence-electron chi connectivity index (χ2n) is 6.63. The van der Waals surface area contributed by atoms with Gasteiger partial charge in [-0.1, -0.05) is 12.1 Å². The lowest BCUT2D eigenvalue weighted by molar-refractivity contribution is -0.384. The van der Waals surface area contributed by atoms with E-state index in [2.05, 4.69) is 10.3 Å². The van der Waals surface area contributed by atoms with Crippen LogP contribution in [0.4, 0.5) is 5.69 Å². The third kappa shape index (κ3) is 4.66. The summed E-state index contributed by atoms with van der Waals surface area (Å²) in [5.74, 6) is -1.39. The molecule has 0 unspecified atom stereocenters. The number of non-ortho nitro benzene ring substituents is 1. The van der Waals surface area contributed by atoms with Gasteiger partial charge in [-0.05, 0) is 31.5 Å². The normalized spacial score (nSPS) is 11.7. The van der Waals surface area contributed by atoms with Crippen molar-refractivity contribution in [2.75, 3.05) is 0 Å². The number of nitrogens with one attached hydrogen (secondary N) is 1. The van der Waals surface area contributed by atoms with Crippen LogP contribution >= 0.6 is 0 Å². The molecular formula is C20H18N4O6. The Morgan fingerprint density at radius 1 is 1.27 bits per heavy atom. The highest BCUT2D eigenvalue weighted by atomic mass is 16.6. The molecule has 30 heavy (non-hydrogen) atoms. The molecular weight excluding hydrogens is 392 g/mol. The van der Waals surface area contributed by atoms with Crippen LogP contribution in [-0.2, 0) is 16.1 Å². The molecule has 154 valence electrons. The Hall–Kier alpha value is -4.08. The SMILES string of the molecule is Cc1ccc2nc(COC(=O)[C@H](C)NC(=O)c3cccc([N+](=O)[O-])c3)cc(=O)n2c1. The first-order valence-corrected chi connectivity index (χ1v) is 8.95. The van der Waals surface area contributed by atoms with Gasteiger partial charge in [0.05, 0.1) is 10.6 Å². The first-order chi connectivity index (χ1) is 14.2. The van der Waals surface area contributed by atoms with E-state index in [0.29, 0.717) is 5.65 Å². The monoisotopic (exact) mass is 410 g/mol. The van der Waals surface area contributed by atoms with Crippen LogP contribution in [0.25, 0.3) is 5.65 Å². The van der Waals surface area contributed by atoms with Crippen molar-refractivity contribution in [3.05, 3.63) is 86.0 Å². The van der Waals surface area contributed by atoms with Crippen LogP contribution < -0.4 is 10.9 Å². The topological polar surface area (TPSA) is 133 Å². The lowest BCUT2D eigenvalue weighted by Gasteiger charge is -2.13. The van der Waals surface area contributed by atoms with E-state index in [0.717, 1.165) is 11.6 Å². The number of fused-ring (bicyclic) bond motifs is 1. The summed E-state index contributed by atoms with van der Waals surface area (Å²) >= 11 is 0. The summed E-state index contributed by atoms with van der Waals surface area (Å²) in [7, 11) is 0. The van der Waals surface area contributed by atoms with Gasteiger partial charge in [0.2, 0.25) is 0 Å². The Morgan fingerprint density at radius 2 is 2.03 bits per heavy atom. The number of carbonyl (C=O) groups excluding carboxylic acids is 2. The van der Waals surface area contributed by atoms with Crippen molar-refractivity contribution >= 4 is 23.2 Å². The van der Waals surface area contributed by atoms with Gasteiger partial charge in [-0.3, -0.25) is 24.1 Å². The smallest absolute Gasteiger partial charge is 0.328 e. The molecule has 0 saturated heterocycles. The number of benzene rings is 1. The van der Waals surface area contributed by atoms with E-state index >= 15 is 0 Å². The molecule has 2 heterocycles. The molecule has 2 aromatic heterocycles. The van der Waals surface area contributed by atoms with E-state index in [1.165, 1.54) is 35.6 Å². The second-order valence-corrected chi connectivity index (χ2v) is 6.63. The summed E-state index contributed by atoms with van der Waals surface area (Å²) < 4.78 is 6.54. The van der Waals surface area contributed by atoms with Gasteiger partial charge in [0, 0.05) is 30.0 Å². The standard InChI is InChI=1S/C20H18N4O6/c1-12-6-7-17-22-15(9-18(25)23(17)10-12)11-30-20(27)13(2)21-19(26)14-4-3-5-16(8-14)24(28)29/h3-10,13H,11H2,1-2H3,(H,21,26)/t13-/m0/s1. The molecule has 1 amide bonds. The van der Waals surface area contributed by atoms with E-state index in [-0.39, 0.29) is 29.1 Å². The molecule has 0 spiro atoms. The Labute approximate surface area is 170 Å². The summed E-state index contributed by atoms with van der Waals surface area (Å²) in [5.41, 5.74) is 1.10. The number of pyridine rings is 1. The average Bonchev–Trinajstić information content (AvgIpc) is 2.72. The maximum absolute atomic E-state index is 12.2. The second kappa shape index (κ2) is 8.52. The molecule has 10 nitrogen and oxygen atoms in total. The molecule has 3 rings (SSSR count). The molecule has 0 saturated carbocycles. The minimum absolute atomic E-state index is 0.0448. The van der Waals surface area contributed by atoms with Gasteiger partial charge < -0.3 is 10.1 Å². The maximum atomic E-state index is 12.2. The molecule has 0 fully saturated rings. The zero-order valence-corrected chi connectivity index (χ0v) is 16.2. The number of rotatable bonds is 6. The Balaban J connectivity index is 1.63. The van der Waals surface area contributed by atoms with E-state index in [4.69, 9.17) is 4.74 Å². The fourth-order valence-corrected chi connectivity index (χ4v) is 2.70. The molecule has 3 aromatic rings. The maximum Gasteiger partial charge on any atom is 0.328 e. The minimum atomic E-state index is -1.01. The van der Waals surface area contributed by atoms with Gasteiger partial charge in [-0.2, -0.15) is 0 Å². The molecule has 1 atom stereocenters. The van der Waals surface area contributed by atoms with Gasteiger partial charge in [0.1, 0.15) is 18.3 Å². The molecule has 0 aliphatic rings. The highest BCUT2D eigenvalue weighted by molar-refractivity contribution is 5.97. The van der Waals surface area contributed by atoms with Crippen LogP contribution in [-0.4, -0.2) is 32.2 Å².